The van der Waals surface area contributed by atoms with Gasteiger partial charge in [-0.1, -0.05) is 55.3 Å². The van der Waals surface area contributed by atoms with Crippen LogP contribution in [0.15, 0.2) is 48.5 Å². The zero-order chi connectivity index (χ0) is 21.9. The van der Waals surface area contributed by atoms with E-state index in [1.165, 1.54) is 0 Å². The number of aryl methyl sites for hydroxylation is 1. The van der Waals surface area contributed by atoms with E-state index in [0.717, 1.165) is 24.0 Å². The van der Waals surface area contributed by atoms with Crippen molar-refractivity contribution in [3.05, 3.63) is 59.7 Å². The van der Waals surface area contributed by atoms with Gasteiger partial charge in [0.1, 0.15) is 6.04 Å². The number of unbranched alkanes of at least 4 members (excludes halogenated alkanes) is 1. The lowest BCUT2D eigenvalue weighted by Gasteiger charge is -2.29. The second-order valence-electron chi connectivity index (χ2n) is 7.27. The first-order valence-corrected chi connectivity index (χ1v) is 10.3. The second kappa shape index (κ2) is 11.9. The van der Waals surface area contributed by atoms with Crippen LogP contribution in [-0.2, 0) is 16.1 Å². The molecule has 1 N–H and O–H groups in total. The van der Waals surface area contributed by atoms with Crippen molar-refractivity contribution in [2.24, 2.45) is 0 Å². The summed E-state index contributed by atoms with van der Waals surface area (Å²) in [7, 11) is 1.55. The highest BCUT2D eigenvalue weighted by Crippen LogP contribution is 2.25. The molecule has 0 aliphatic rings. The molecular weight excluding hydrogens is 380 g/mol. The van der Waals surface area contributed by atoms with E-state index < -0.39 is 6.04 Å². The molecule has 0 unspecified atom stereocenters. The quantitative estimate of drug-likeness (QED) is 0.571. The summed E-state index contributed by atoms with van der Waals surface area (Å²) in [6, 6.07) is 14.5. The first-order valence-electron chi connectivity index (χ1n) is 10.3. The fraction of sp³-hybridized carbons (Fsp3) is 0.417. The van der Waals surface area contributed by atoms with E-state index in [4.69, 9.17) is 9.47 Å². The van der Waals surface area contributed by atoms with Crippen molar-refractivity contribution in [2.75, 3.05) is 20.3 Å². The van der Waals surface area contributed by atoms with E-state index in [1.807, 2.05) is 43.3 Å². The Bertz CT molecular complexity index is 837. The maximum Gasteiger partial charge on any atom is 0.261 e. The van der Waals surface area contributed by atoms with Gasteiger partial charge in [-0.15, -0.1) is 0 Å². The Kier molecular flexibility index (Phi) is 9.19. The van der Waals surface area contributed by atoms with E-state index in [-0.39, 0.29) is 18.4 Å². The second-order valence-corrected chi connectivity index (χ2v) is 7.27. The Labute approximate surface area is 179 Å². The minimum atomic E-state index is -0.615. The van der Waals surface area contributed by atoms with Crippen LogP contribution in [0.2, 0.25) is 0 Å². The molecule has 0 aliphatic carbocycles. The van der Waals surface area contributed by atoms with Crippen LogP contribution in [-0.4, -0.2) is 43.0 Å². The number of carbonyl (C=O) groups excluding carboxylic acids is 2. The first-order chi connectivity index (χ1) is 14.5. The number of methoxy groups -OCH3 is 1. The van der Waals surface area contributed by atoms with Crippen molar-refractivity contribution in [3.63, 3.8) is 0 Å². The van der Waals surface area contributed by atoms with Gasteiger partial charge in [0, 0.05) is 13.1 Å². The number of rotatable bonds is 11. The third-order valence-electron chi connectivity index (χ3n) is 4.85. The topological polar surface area (TPSA) is 67.9 Å². The highest BCUT2D eigenvalue weighted by Gasteiger charge is 2.26. The number of para-hydroxylation sites is 2. The first kappa shape index (κ1) is 23.3. The summed E-state index contributed by atoms with van der Waals surface area (Å²) < 4.78 is 11.0. The van der Waals surface area contributed by atoms with Crippen molar-refractivity contribution in [1.82, 2.24) is 10.2 Å². The third-order valence-corrected chi connectivity index (χ3v) is 4.85. The molecule has 1 atom stereocenters. The van der Waals surface area contributed by atoms with E-state index >= 15 is 0 Å². The Morgan fingerprint density at radius 1 is 1.10 bits per heavy atom. The number of hydrogen-bond donors (Lipinski definition) is 1. The summed E-state index contributed by atoms with van der Waals surface area (Å²) >= 11 is 0. The predicted molar refractivity (Wildman–Crippen MR) is 118 cm³/mol. The van der Waals surface area contributed by atoms with E-state index in [0.29, 0.717) is 24.6 Å². The molecule has 2 aromatic carbocycles. The lowest BCUT2D eigenvalue weighted by molar-refractivity contribution is -0.142. The summed E-state index contributed by atoms with van der Waals surface area (Å²) in [5.41, 5.74) is 2.07. The summed E-state index contributed by atoms with van der Waals surface area (Å²) in [4.78, 5) is 27.3. The molecule has 0 bridgehead atoms. The number of carbonyl (C=O) groups is 2. The van der Waals surface area contributed by atoms with Gasteiger partial charge in [-0.2, -0.15) is 0 Å². The van der Waals surface area contributed by atoms with E-state index in [1.54, 1.807) is 31.1 Å². The minimum Gasteiger partial charge on any atom is -0.493 e. The number of hydrogen-bond acceptors (Lipinski definition) is 4. The molecule has 0 spiro atoms. The molecule has 0 heterocycles. The molecule has 0 aromatic heterocycles. The van der Waals surface area contributed by atoms with Gasteiger partial charge < -0.3 is 19.7 Å². The van der Waals surface area contributed by atoms with Gasteiger partial charge in [-0.25, -0.2) is 0 Å². The smallest absolute Gasteiger partial charge is 0.261 e. The van der Waals surface area contributed by atoms with Gasteiger partial charge in [0.25, 0.3) is 5.91 Å². The Morgan fingerprint density at radius 2 is 1.83 bits per heavy atom. The van der Waals surface area contributed by atoms with E-state index in [2.05, 4.69) is 12.2 Å². The number of benzene rings is 2. The third kappa shape index (κ3) is 6.79. The highest BCUT2D eigenvalue weighted by atomic mass is 16.5. The van der Waals surface area contributed by atoms with Crippen LogP contribution >= 0.6 is 0 Å². The predicted octanol–water partition coefficient (Wildman–Crippen LogP) is 3.72. The molecule has 6 nitrogen and oxygen atoms in total. The highest BCUT2D eigenvalue weighted by molar-refractivity contribution is 5.88. The largest absolute Gasteiger partial charge is 0.493 e. The average molecular weight is 413 g/mol. The molecule has 2 rings (SSSR count). The van der Waals surface area contributed by atoms with Crippen LogP contribution in [0.25, 0.3) is 0 Å². The molecule has 0 saturated heterocycles. The summed E-state index contributed by atoms with van der Waals surface area (Å²) in [5, 5.41) is 2.91. The normalized spacial score (nSPS) is 11.5. The van der Waals surface area contributed by atoms with Crippen LogP contribution in [0, 0.1) is 6.92 Å². The number of ether oxygens (including phenoxy) is 2. The van der Waals surface area contributed by atoms with Gasteiger partial charge in [-0.05, 0) is 38.0 Å². The number of amides is 2. The van der Waals surface area contributed by atoms with Crippen molar-refractivity contribution in [3.8, 4) is 11.5 Å². The van der Waals surface area contributed by atoms with Gasteiger partial charge >= 0.3 is 0 Å². The number of nitrogens with one attached hydrogen (secondary N) is 1. The Balaban J connectivity index is 2.14. The Morgan fingerprint density at radius 3 is 2.50 bits per heavy atom. The maximum absolute atomic E-state index is 13.1. The molecule has 0 fully saturated rings. The number of nitrogens with zero attached hydrogens (tertiary/aromatic N) is 1. The van der Waals surface area contributed by atoms with Gasteiger partial charge in [0.05, 0.1) is 7.11 Å². The van der Waals surface area contributed by atoms with Gasteiger partial charge in [-0.3, -0.25) is 9.59 Å². The minimum absolute atomic E-state index is 0.165. The molecule has 2 aromatic rings. The molecule has 30 heavy (non-hydrogen) atoms. The monoisotopic (exact) mass is 412 g/mol. The molecule has 0 radical (unpaired) electrons. The summed E-state index contributed by atoms with van der Waals surface area (Å²) in [6.07, 6.45) is 1.90. The maximum atomic E-state index is 13.1. The standard InChI is InChI=1S/C24H32N2O4/c1-5-6-14-25-24(28)19(3)26(16-20-11-9-10-18(2)15-20)23(27)17-30-22-13-8-7-12-21(22)29-4/h7-13,15,19H,5-6,14,16-17H2,1-4H3,(H,25,28)/t19-/m1/s1. The van der Waals surface area contributed by atoms with Crippen LogP contribution in [0.5, 0.6) is 11.5 Å². The van der Waals surface area contributed by atoms with Gasteiger partial charge in [0.15, 0.2) is 18.1 Å². The SMILES string of the molecule is CCCCNC(=O)[C@@H](C)N(Cc1cccc(C)c1)C(=O)COc1ccccc1OC. The molecule has 2 amide bonds. The van der Waals surface area contributed by atoms with Crippen molar-refractivity contribution >= 4 is 11.8 Å². The average Bonchev–Trinajstić information content (AvgIpc) is 2.75. The molecule has 162 valence electrons. The van der Waals surface area contributed by atoms with Crippen molar-refractivity contribution in [2.45, 2.75) is 46.2 Å². The van der Waals surface area contributed by atoms with Gasteiger partial charge in [0.2, 0.25) is 5.91 Å². The molecular formula is C24H32N2O4. The Hall–Kier alpha value is -3.02. The summed E-state index contributed by atoms with van der Waals surface area (Å²) in [6.45, 7) is 6.57. The lowest BCUT2D eigenvalue weighted by Crippen LogP contribution is -2.49. The fourth-order valence-corrected chi connectivity index (χ4v) is 3.09. The van der Waals surface area contributed by atoms with Crippen molar-refractivity contribution in [1.29, 1.82) is 0 Å². The molecule has 0 aliphatic heterocycles. The molecule has 0 saturated carbocycles. The van der Waals surface area contributed by atoms with Crippen molar-refractivity contribution < 1.29 is 19.1 Å². The summed E-state index contributed by atoms with van der Waals surface area (Å²) in [5.74, 6) is 0.618. The fourth-order valence-electron chi connectivity index (χ4n) is 3.09. The van der Waals surface area contributed by atoms with Crippen LogP contribution < -0.4 is 14.8 Å². The lowest BCUT2D eigenvalue weighted by atomic mass is 10.1. The molecule has 6 heteroatoms. The zero-order valence-electron chi connectivity index (χ0n) is 18.3. The van der Waals surface area contributed by atoms with E-state index in [9.17, 15) is 9.59 Å². The zero-order valence-corrected chi connectivity index (χ0v) is 18.3. The van der Waals surface area contributed by atoms with Crippen LogP contribution in [0.3, 0.4) is 0 Å². The van der Waals surface area contributed by atoms with Crippen LogP contribution in [0.1, 0.15) is 37.8 Å². The van der Waals surface area contributed by atoms with Crippen LogP contribution in [0.4, 0.5) is 0 Å².